The summed E-state index contributed by atoms with van der Waals surface area (Å²) < 4.78 is 0. The number of hydrogen-bond acceptors (Lipinski definition) is 0. The van der Waals surface area contributed by atoms with Crippen molar-refractivity contribution in [2.75, 3.05) is 0 Å². The van der Waals surface area contributed by atoms with Gasteiger partial charge >= 0.3 is 21.7 Å². The summed E-state index contributed by atoms with van der Waals surface area (Å²) in [6, 6.07) is 89.7. The summed E-state index contributed by atoms with van der Waals surface area (Å²) in [5.74, 6) is 0.415. The van der Waals surface area contributed by atoms with Gasteiger partial charge in [0.15, 0.2) is 8.07 Å². The predicted molar refractivity (Wildman–Crippen MR) is 298 cm³/mol. The molecule has 0 bridgehead atoms. The summed E-state index contributed by atoms with van der Waals surface area (Å²) >= 11 is 0. The third-order valence-corrected chi connectivity index (χ3v) is 19.1. The van der Waals surface area contributed by atoms with Gasteiger partial charge in [0.25, 0.3) is 0 Å². The molecule has 368 valence electrons. The van der Waals surface area contributed by atoms with Crippen LogP contribution in [0.3, 0.4) is 0 Å². The number of rotatable bonds is 18. The Kier molecular flexibility index (Phi) is 21.5. The molecular formula is C69H63Cl3SiTi. The molecule has 10 rings (SSSR count). The van der Waals surface area contributed by atoms with Gasteiger partial charge in [-0.1, -0.05) is 269 Å². The van der Waals surface area contributed by atoms with E-state index in [1.807, 2.05) is 0 Å². The van der Waals surface area contributed by atoms with Gasteiger partial charge in [-0.3, -0.25) is 6.08 Å². The van der Waals surface area contributed by atoms with E-state index in [1.165, 1.54) is 93.1 Å². The number of halogens is 3. The van der Waals surface area contributed by atoms with Gasteiger partial charge in [-0.25, -0.2) is 11.6 Å². The fourth-order valence-corrected chi connectivity index (χ4v) is 16.0. The maximum absolute atomic E-state index is 4.33. The minimum atomic E-state index is -3.23. The van der Waals surface area contributed by atoms with Crippen molar-refractivity contribution in [3.05, 3.63) is 326 Å². The first-order valence-corrected chi connectivity index (χ1v) is 27.4. The number of allylic oxidation sites excluding steroid dienone is 4. The fraction of sp³-hybridized carbons (Fsp3) is 0.159. The minimum absolute atomic E-state index is 0. The van der Waals surface area contributed by atoms with Crippen LogP contribution < -0.4 is 52.8 Å². The van der Waals surface area contributed by atoms with E-state index >= 15 is 0 Å². The van der Waals surface area contributed by atoms with Gasteiger partial charge < -0.3 is 37.2 Å². The number of hydrogen-bond donors (Lipinski definition) is 0. The zero-order valence-corrected chi connectivity index (χ0v) is 47.3. The minimum Gasteiger partial charge on any atom is -1.00 e. The average molecular weight is 1070 g/mol. The van der Waals surface area contributed by atoms with E-state index in [0.717, 1.165) is 51.4 Å². The van der Waals surface area contributed by atoms with Gasteiger partial charge in [0.05, 0.1) is 0 Å². The second kappa shape index (κ2) is 27.7. The molecule has 1 unspecified atom stereocenters. The van der Waals surface area contributed by atoms with Crippen LogP contribution >= 0.6 is 0 Å². The van der Waals surface area contributed by atoms with Crippen molar-refractivity contribution >= 4 is 23.6 Å². The molecule has 0 aliphatic heterocycles. The number of benzene rings is 9. The Morgan fingerprint density at radius 3 is 0.797 bits per heavy atom. The van der Waals surface area contributed by atoms with Crippen molar-refractivity contribution in [1.82, 2.24) is 0 Å². The molecule has 1 aliphatic rings. The van der Waals surface area contributed by atoms with Crippen LogP contribution in [0.4, 0.5) is 0 Å². The van der Waals surface area contributed by atoms with Crippen LogP contribution in [0.1, 0.15) is 93.5 Å². The van der Waals surface area contributed by atoms with Crippen LogP contribution in [0.5, 0.6) is 0 Å². The average Bonchev–Trinajstić information content (AvgIpc) is 3.89. The first-order valence-electron chi connectivity index (χ1n) is 25.4. The zero-order valence-electron chi connectivity index (χ0n) is 42.5. The van der Waals surface area contributed by atoms with Crippen LogP contribution in [0, 0.1) is 12.0 Å². The summed E-state index contributed by atoms with van der Waals surface area (Å²) in [5, 5.41) is 5.78. The zero-order chi connectivity index (χ0) is 47.5. The van der Waals surface area contributed by atoms with Crippen molar-refractivity contribution in [2.45, 2.75) is 65.2 Å². The van der Waals surface area contributed by atoms with Crippen LogP contribution in [-0.4, -0.2) is 8.07 Å². The SMILES string of the molecule is CCC(C)C1=CCC([Si](c2cc(Cc3ccccc3)cc(Cc3ccccc3)c2)(c2cc(Cc3ccccc3)cc(Cc3ccccc3)c2)c2cc(Cc3ccccc3)cc(Cc3ccccc3)c2)=[C-]1.[Cl-].[Cl-].[Cl-].[Ti+4]. The quantitative estimate of drug-likeness (QED) is 0.0619. The van der Waals surface area contributed by atoms with E-state index in [2.05, 4.69) is 263 Å². The second-order valence-corrected chi connectivity index (χ2v) is 23.5. The molecule has 0 saturated carbocycles. The summed E-state index contributed by atoms with van der Waals surface area (Å²) in [7, 11) is -3.23. The van der Waals surface area contributed by atoms with Crippen molar-refractivity contribution in [3.63, 3.8) is 0 Å². The van der Waals surface area contributed by atoms with Gasteiger partial charge in [0.1, 0.15) is 0 Å². The van der Waals surface area contributed by atoms with Crippen molar-refractivity contribution < 1.29 is 58.9 Å². The van der Waals surface area contributed by atoms with E-state index < -0.39 is 8.07 Å². The second-order valence-electron chi connectivity index (χ2n) is 19.6. The molecule has 9 aromatic carbocycles. The van der Waals surface area contributed by atoms with Gasteiger partial charge in [0, 0.05) is 0 Å². The molecule has 0 N–H and O–H groups in total. The molecule has 1 atom stereocenters. The van der Waals surface area contributed by atoms with Crippen LogP contribution in [-0.2, 0) is 60.2 Å². The summed E-state index contributed by atoms with van der Waals surface area (Å²) in [6.07, 6.45) is 14.0. The normalized spacial score (nSPS) is 12.2. The third kappa shape index (κ3) is 14.1. The summed E-state index contributed by atoms with van der Waals surface area (Å²) in [4.78, 5) is 0. The predicted octanol–water partition coefficient (Wildman–Crippen LogP) is 5.36. The third-order valence-electron chi connectivity index (χ3n) is 14.4. The van der Waals surface area contributed by atoms with E-state index in [0.29, 0.717) is 5.92 Å². The molecule has 5 heteroatoms. The van der Waals surface area contributed by atoms with Crippen LogP contribution in [0.2, 0.25) is 0 Å². The molecule has 0 fully saturated rings. The molecule has 0 spiro atoms. The monoisotopic (exact) mass is 1070 g/mol. The van der Waals surface area contributed by atoms with Gasteiger partial charge in [0.2, 0.25) is 0 Å². The maximum atomic E-state index is 4.33. The van der Waals surface area contributed by atoms with Gasteiger partial charge in [-0.05, 0) is 121 Å². The molecule has 9 aromatic rings. The Bertz CT molecular complexity index is 2720. The molecular weight excluding hydrogens is 1010 g/mol. The molecule has 1 aliphatic carbocycles. The molecule has 0 amide bonds. The summed E-state index contributed by atoms with van der Waals surface area (Å²) in [5.41, 5.74) is 17.5. The Hall–Kier alpha value is -5.74. The van der Waals surface area contributed by atoms with E-state index in [1.54, 1.807) is 0 Å². The van der Waals surface area contributed by atoms with Crippen LogP contribution in [0.15, 0.2) is 253 Å². The molecule has 0 nitrogen and oxygen atoms in total. The topological polar surface area (TPSA) is 0 Å². The first-order chi connectivity index (χ1) is 34.5. The maximum Gasteiger partial charge on any atom is 4.00 e. The van der Waals surface area contributed by atoms with Crippen molar-refractivity contribution in [3.8, 4) is 0 Å². The Morgan fingerprint density at radius 2 is 0.581 bits per heavy atom. The van der Waals surface area contributed by atoms with Crippen LogP contribution in [0.25, 0.3) is 0 Å². The molecule has 74 heavy (non-hydrogen) atoms. The molecule has 0 radical (unpaired) electrons. The van der Waals surface area contributed by atoms with Gasteiger partial charge in [-0.15, -0.1) is 0 Å². The molecule has 0 saturated heterocycles. The van der Waals surface area contributed by atoms with E-state index in [-0.39, 0.29) is 58.9 Å². The molecule has 0 aromatic heterocycles. The van der Waals surface area contributed by atoms with Gasteiger partial charge in [-0.2, -0.15) is 5.20 Å². The Balaban J connectivity index is 0.00000223. The Labute approximate surface area is 476 Å². The smallest absolute Gasteiger partial charge is 1.00 e. The summed E-state index contributed by atoms with van der Waals surface area (Å²) in [6.45, 7) is 4.71. The standard InChI is InChI=1S/C69H63Si.3ClH.Ti/c1-3-52(2)65-34-35-66(51-65)70(67-45-59(36-53-22-10-4-11-23-53)42-60(46-67)37-54-24-12-5-13-25-54,68-47-61(38-55-26-14-6-15-27-55)43-62(48-68)39-56-28-16-7-17-29-56)69-49-63(40-57-30-18-8-19-31-57)44-64(50-69)41-58-32-20-9-21-33-58;;;;/h4-34,42-50,52H,3,35-41H2,1-2H3;3*1H;/q-1;;;;+4/p-3. The largest absolute Gasteiger partial charge is 4.00 e. The van der Waals surface area contributed by atoms with Crippen molar-refractivity contribution in [2.24, 2.45) is 5.92 Å². The molecule has 0 heterocycles. The Morgan fingerprint density at radius 1 is 0.351 bits per heavy atom. The first kappa shape index (κ1) is 57.5. The van der Waals surface area contributed by atoms with E-state index in [4.69, 9.17) is 0 Å². The fourth-order valence-electron chi connectivity index (χ4n) is 10.8. The van der Waals surface area contributed by atoms with E-state index in [9.17, 15) is 0 Å². The van der Waals surface area contributed by atoms with Crippen molar-refractivity contribution in [1.29, 1.82) is 0 Å².